The maximum absolute atomic E-state index is 11.1. The standard InChI is InChI=1S/C12H11ClN4O3/c1-16(8-3-5-9(20-2)6-4-8)12-10(17(18)19)11(13)14-7-15-12/h3-7H,1-2H3. The predicted octanol–water partition coefficient (Wildman–Crippen LogP) is 2.81. The summed E-state index contributed by atoms with van der Waals surface area (Å²) < 4.78 is 5.06. The minimum absolute atomic E-state index is 0.125. The Bertz CT molecular complexity index is 633. The van der Waals surface area contributed by atoms with Gasteiger partial charge in [-0.05, 0) is 24.3 Å². The maximum atomic E-state index is 11.1. The molecule has 0 fully saturated rings. The molecule has 104 valence electrons. The first-order valence-corrected chi connectivity index (χ1v) is 5.95. The third-order valence-corrected chi connectivity index (χ3v) is 2.99. The van der Waals surface area contributed by atoms with Gasteiger partial charge in [-0.15, -0.1) is 0 Å². The maximum Gasteiger partial charge on any atom is 0.348 e. The number of methoxy groups -OCH3 is 1. The van der Waals surface area contributed by atoms with E-state index in [9.17, 15) is 10.1 Å². The van der Waals surface area contributed by atoms with E-state index in [0.717, 1.165) is 0 Å². The van der Waals surface area contributed by atoms with Crippen molar-refractivity contribution in [1.82, 2.24) is 9.97 Å². The summed E-state index contributed by atoms with van der Waals surface area (Å²) in [4.78, 5) is 19.6. The van der Waals surface area contributed by atoms with Crippen LogP contribution in [0.3, 0.4) is 0 Å². The summed E-state index contributed by atoms with van der Waals surface area (Å²) in [6, 6.07) is 7.03. The molecule has 0 unspecified atom stereocenters. The minimum Gasteiger partial charge on any atom is -0.497 e. The number of benzene rings is 1. The van der Waals surface area contributed by atoms with Crippen molar-refractivity contribution in [3.63, 3.8) is 0 Å². The number of anilines is 2. The zero-order chi connectivity index (χ0) is 14.7. The molecule has 0 amide bonds. The summed E-state index contributed by atoms with van der Waals surface area (Å²) in [5.74, 6) is 0.817. The highest BCUT2D eigenvalue weighted by Gasteiger charge is 2.24. The van der Waals surface area contributed by atoms with Crippen LogP contribution in [-0.4, -0.2) is 29.0 Å². The van der Waals surface area contributed by atoms with E-state index in [1.807, 2.05) is 0 Å². The van der Waals surface area contributed by atoms with Gasteiger partial charge < -0.3 is 9.64 Å². The summed E-state index contributed by atoms with van der Waals surface area (Å²) in [7, 11) is 3.22. The van der Waals surface area contributed by atoms with Crippen LogP contribution < -0.4 is 9.64 Å². The monoisotopic (exact) mass is 294 g/mol. The summed E-state index contributed by atoms with van der Waals surface area (Å²) in [6.07, 6.45) is 1.19. The largest absolute Gasteiger partial charge is 0.497 e. The van der Waals surface area contributed by atoms with Crippen molar-refractivity contribution in [3.8, 4) is 5.75 Å². The van der Waals surface area contributed by atoms with Crippen LogP contribution in [0.4, 0.5) is 17.2 Å². The van der Waals surface area contributed by atoms with Gasteiger partial charge in [0, 0.05) is 12.7 Å². The average Bonchev–Trinajstić information content (AvgIpc) is 2.46. The van der Waals surface area contributed by atoms with Crippen molar-refractivity contribution in [2.45, 2.75) is 0 Å². The van der Waals surface area contributed by atoms with Gasteiger partial charge in [-0.3, -0.25) is 10.1 Å². The van der Waals surface area contributed by atoms with Gasteiger partial charge in [-0.1, -0.05) is 11.6 Å². The highest BCUT2D eigenvalue weighted by molar-refractivity contribution is 6.31. The Balaban J connectivity index is 2.44. The summed E-state index contributed by atoms with van der Waals surface area (Å²) >= 11 is 5.76. The molecular weight excluding hydrogens is 284 g/mol. The Hall–Kier alpha value is -2.41. The Morgan fingerprint density at radius 3 is 2.50 bits per heavy atom. The van der Waals surface area contributed by atoms with Crippen molar-refractivity contribution in [2.75, 3.05) is 19.1 Å². The topological polar surface area (TPSA) is 81.4 Å². The quantitative estimate of drug-likeness (QED) is 0.490. The lowest BCUT2D eigenvalue weighted by atomic mass is 10.2. The fourth-order valence-corrected chi connectivity index (χ4v) is 1.88. The molecule has 0 spiro atoms. The molecule has 0 saturated heterocycles. The second-order valence-corrected chi connectivity index (χ2v) is 4.21. The van der Waals surface area contributed by atoms with Crippen LogP contribution in [-0.2, 0) is 0 Å². The van der Waals surface area contributed by atoms with Crippen LogP contribution in [0.2, 0.25) is 5.15 Å². The Morgan fingerprint density at radius 1 is 1.30 bits per heavy atom. The first kappa shape index (κ1) is 14.0. The first-order valence-electron chi connectivity index (χ1n) is 5.57. The molecule has 1 aromatic carbocycles. The van der Waals surface area contributed by atoms with E-state index in [2.05, 4.69) is 9.97 Å². The number of aromatic nitrogens is 2. The number of ether oxygens (including phenoxy) is 1. The molecule has 1 aromatic heterocycles. The van der Waals surface area contributed by atoms with Crippen LogP contribution in [0.15, 0.2) is 30.6 Å². The molecule has 0 saturated carbocycles. The molecule has 0 radical (unpaired) electrons. The van der Waals surface area contributed by atoms with Crippen LogP contribution in [0, 0.1) is 10.1 Å². The van der Waals surface area contributed by atoms with E-state index in [1.165, 1.54) is 6.33 Å². The van der Waals surface area contributed by atoms with Crippen LogP contribution in [0.1, 0.15) is 0 Å². The van der Waals surface area contributed by atoms with E-state index in [1.54, 1.807) is 43.3 Å². The van der Waals surface area contributed by atoms with Gasteiger partial charge in [0.1, 0.15) is 12.1 Å². The Kier molecular flexibility index (Phi) is 3.99. The number of hydrogen-bond donors (Lipinski definition) is 0. The Morgan fingerprint density at radius 2 is 1.95 bits per heavy atom. The zero-order valence-corrected chi connectivity index (χ0v) is 11.5. The highest BCUT2D eigenvalue weighted by Crippen LogP contribution is 2.34. The van der Waals surface area contributed by atoms with E-state index < -0.39 is 4.92 Å². The molecule has 0 atom stereocenters. The second-order valence-electron chi connectivity index (χ2n) is 3.85. The molecule has 2 rings (SSSR count). The SMILES string of the molecule is COc1ccc(N(C)c2ncnc(Cl)c2[N+](=O)[O-])cc1. The molecule has 7 nitrogen and oxygen atoms in total. The van der Waals surface area contributed by atoms with Crippen LogP contribution in [0.5, 0.6) is 5.75 Å². The molecule has 1 heterocycles. The van der Waals surface area contributed by atoms with E-state index in [-0.39, 0.29) is 16.7 Å². The van der Waals surface area contributed by atoms with Gasteiger partial charge in [0.05, 0.1) is 12.0 Å². The minimum atomic E-state index is -0.600. The van der Waals surface area contributed by atoms with E-state index >= 15 is 0 Å². The lowest BCUT2D eigenvalue weighted by Gasteiger charge is -2.18. The van der Waals surface area contributed by atoms with Gasteiger partial charge in [0.2, 0.25) is 11.0 Å². The van der Waals surface area contributed by atoms with E-state index in [0.29, 0.717) is 11.4 Å². The van der Waals surface area contributed by atoms with Crippen molar-refractivity contribution in [3.05, 3.63) is 45.9 Å². The van der Waals surface area contributed by atoms with Gasteiger partial charge in [-0.25, -0.2) is 9.97 Å². The molecule has 0 aliphatic heterocycles. The number of hydrogen-bond acceptors (Lipinski definition) is 6. The van der Waals surface area contributed by atoms with Gasteiger partial charge in [0.15, 0.2) is 0 Å². The van der Waals surface area contributed by atoms with Gasteiger partial charge >= 0.3 is 5.69 Å². The Labute approximate surface area is 119 Å². The molecule has 20 heavy (non-hydrogen) atoms. The van der Waals surface area contributed by atoms with Gasteiger partial charge in [0.25, 0.3) is 0 Å². The number of halogens is 1. The molecule has 8 heteroatoms. The van der Waals surface area contributed by atoms with Gasteiger partial charge in [-0.2, -0.15) is 0 Å². The molecular formula is C12H11ClN4O3. The number of nitrogens with zero attached hydrogens (tertiary/aromatic N) is 4. The summed E-state index contributed by atoms with van der Waals surface area (Å²) in [5.41, 5.74) is 0.385. The molecule has 0 aliphatic carbocycles. The third-order valence-electron chi connectivity index (χ3n) is 2.72. The van der Waals surface area contributed by atoms with Crippen molar-refractivity contribution < 1.29 is 9.66 Å². The average molecular weight is 295 g/mol. The molecule has 0 bridgehead atoms. The van der Waals surface area contributed by atoms with E-state index in [4.69, 9.17) is 16.3 Å². The normalized spacial score (nSPS) is 10.2. The lowest BCUT2D eigenvalue weighted by Crippen LogP contribution is -2.14. The van der Waals surface area contributed by atoms with Crippen molar-refractivity contribution >= 4 is 28.8 Å². The first-order chi connectivity index (χ1) is 9.54. The number of rotatable bonds is 4. The lowest BCUT2D eigenvalue weighted by molar-refractivity contribution is -0.384. The zero-order valence-electron chi connectivity index (χ0n) is 10.8. The summed E-state index contributed by atoms with van der Waals surface area (Å²) in [6.45, 7) is 0. The van der Waals surface area contributed by atoms with Crippen LogP contribution in [0.25, 0.3) is 0 Å². The second kappa shape index (κ2) is 5.70. The predicted molar refractivity (Wildman–Crippen MR) is 74.8 cm³/mol. The van der Waals surface area contributed by atoms with Crippen molar-refractivity contribution in [2.24, 2.45) is 0 Å². The molecule has 0 N–H and O–H groups in total. The molecule has 2 aromatic rings. The van der Waals surface area contributed by atoms with Crippen LogP contribution >= 0.6 is 11.6 Å². The fourth-order valence-electron chi connectivity index (χ4n) is 1.68. The van der Waals surface area contributed by atoms with Crippen molar-refractivity contribution in [1.29, 1.82) is 0 Å². The summed E-state index contributed by atoms with van der Waals surface area (Å²) in [5, 5.41) is 10.9. The fraction of sp³-hybridized carbons (Fsp3) is 0.167. The third kappa shape index (κ3) is 2.62. The molecule has 0 aliphatic rings. The highest BCUT2D eigenvalue weighted by atomic mass is 35.5. The number of nitro groups is 1. The smallest absolute Gasteiger partial charge is 0.348 e.